The van der Waals surface area contributed by atoms with Gasteiger partial charge in [0.25, 0.3) is 5.91 Å². The first-order valence-electron chi connectivity index (χ1n) is 8.49. The number of nitrogens with one attached hydrogen (secondary N) is 1. The molecule has 3 nitrogen and oxygen atoms in total. The lowest BCUT2D eigenvalue weighted by Crippen LogP contribution is -2.57. The lowest BCUT2D eigenvalue weighted by atomic mass is 9.81. The van der Waals surface area contributed by atoms with Gasteiger partial charge in [-0.3, -0.25) is 9.69 Å². The van der Waals surface area contributed by atoms with E-state index in [0.29, 0.717) is 28.7 Å². The first-order chi connectivity index (χ1) is 10.7. The second-order valence-corrected chi connectivity index (χ2v) is 7.06. The second-order valence-electron chi connectivity index (χ2n) is 6.63. The van der Waals surface area contributed by atoms with E-state index in [2.05, 4.69) is 17.1 Å². The maximum Gasteiger partial charge on any atom is 0.251 e. The van der Waals surface area contributed by atoms with Crippen LogP contribution in [0.4, 0.5) is 0 Å². The van der Waals surface area contributed by atoms with Gasteiger partial charge >= 0.3 is 0 Å². The zero-order valence-corrected chi connectivity index (χ0v) is 14.0. The minimum absolute atomic E-state index is 0.00881. The van der Waals surface area contributed by atoms with Gasteiger partial charge in [0.05, 0.1) is 0 Å². The third-order valence-electron chi connectivity index (χ3n) is 5.03. The predicted molar refractivity (Wildman–Crippen MR) is 90.4 cm³/mol. The van der Waals surface area contributed by atoms with Crippen molar-refractivity contribution >= 4 is 17.5 Å². The van der Waals surface area contributed by atoms with Crippen LogP contribution in [0.3, 0.4) is 0 Å². The highest BCUT2D eigenvalue weighted by Gasteiger charge is 2.38. The van der Waals surface area contributed by atoms with Crippen molar-refractivity contribution < 1.29 is 4.79 Å². The van der Waals surface area contributed by atoms with Gasteiger partial charge in [-0.25, -0.2) is 0 Å². The average molecular weight is 321 g/mol. The summed E-state index contributed by atoms with van der Waals surface area (Å²) in [5.41, 5.74) is 0.661. The highest BCUT2D eigenvalue weighted by Crippen LogP contribution is 2.34. The quantitative estimate of drug-likeness (QED) is 0.913. The first kappa shape index (κ1) is 15.8. The SMILES string of the molecule is CCCN1C2CCCC1CC(NC(=O)c1cccc(Cl)c1)C2. The molecule has 2 bridgehead atoms. The molecule has 3 rings (SSSR count). The third-order valence-corrected chi connectivity index (χ3v) is 5.26. The molecule has 2 heterocycles. The molecule has 0 saturated carbocycles. The van der Waals surface area contributed by atoms with Gasteiger partial charge in [-0.15, -0.1) is 0 Å². The van der Waals surface area contributed by atoms with Crippen molar-refractivity contribution in [2.45, 2.75) is 63.6 Å². The van der Waals surface area contributed by atoms with Crippen LogP contribution >= 0.6 is 11.6 Å². The van der Waals surface area contributed by atoms with Crippen molar-refractivity contribution in [3.05, 3.63) is 34.9 Å². The Kier molecular flexibility index (Phi) is 5.04. The summed E-state index contributed by atoms with van der Waals surface area (Å²) in [4.78, 5) is 15.1. The number of rotatable bonds is 4. The summed E-state index contributed by atoms with van der Waals surface area (Å²) < 4.78 is 0. The van der Waals surface area contributed by atoms with Gasteiger partial charge in [-0.1, -0.05) is 31.0 Å². The van der Waals surface area contributed by atoms with Crippen LogP contribution in [0.1, 0.15) is 55.8 Å². The number of carbonyl (C=O) groups excluding carboxylic acids is 1. The molecule has 1 aromatic rings. The molecular formula is C18H25ClN2O. The average Bonchev–Trinajstić information content (AvgIpc) is 2.48. The Balaban J connectivity index is 1.63. The molecule has 2 unspecified atom stereocenters. The van der Waals surface area contributed by atoms with Gasteiger partial charge in [0.15, 0.2) is 0 Å². The third kappa shape index (κ3) is 3.47. The van der Waals surface area contributed by atoms with E-state index in [1.807, 2.05) is 12.1 Å². The van der Waals surface area contributed by atoms with Gasteiger partial charge < -0.3 is 5.32 Å². The van der Waals surface area contributed by atoms with E-state index >= 15 is 0 Å². The van der Waals surface area contributed by atoms with E-state index < -0.39 is 0 Å². The monoisotopic (exact) mass is 320 g/mol. The summed E-state index contributed by atoms with van der Waals surface area (Å²) in [5, 5.41) is 3.84. The summed E-state index contributed by atoms with van der Waals surface area (Å²) in [6.07, 6.45) is 7.28. The Morgan fingerprint density at radius 2 is 2.05 bits per heavy atom. The van der Waals surface area contributed by atoms with E-state index in [0.717, 1.165) is 12.8 Å². The topological polar surface area (TPSA) is 32.3 Å². The molecule has 2 atom stereocenters. The minimum Gasteiger partial charge on any atom is -0.349 e. The molecule has 2 aliphatic rings. The summed E-state index contributed by atoms with van der Waals surface area (Å²) in [5.74, 6) is 0.00881. The van der Waals surface area contributed by atoms with E-state index in [1.165, 1.54) is 32.2 Å². The number of nitrogens with zero attached hydrogens (tertiary/aromatic N) is 1. The van der Waals surface area contributed by atoms with Gasteiger partial charge in [0.2, 0.25) is 0 Å². The predicted octanol–water partition coefficient (Wildman–Crippen LogP) is 3.87. The van der Waals surface area contributed by atoms with Gasteiger partial charge in [0.1, 0.15) is 0 Å². The maximum absolute atomic E-state index is 12.4. The lowest BCUT2D eigenvalue weighted by molar-refractivity contribution is 0.0245. The van der Waals surface area contributed by atoms with E-state index in [1.54, 1.807) is 12.1 Å². The summed E-state index contributed by atoms with van der Waals surface area (Å²) in [6.45, 7) is 3.45. The van der Waals surface area contributed by atoms with Crippen LogP contribution in [-0.4, -0.2) is 35.5 Å². The molecule has 1 N–H and O–H groups in total. The number of hydrogen-bond acceptors (Lipinski definition) is 2. The Hall–Kier alpha value is -1.06. The molecule has 1 amide bonds. The van der Waals surface area contributed by atoms with Crippen molar-refractivity contribution in [3.63, 3.8) is 0 Å². The Morgan fingerprint density at radius 3 is 2.68 bits per heavy atom. The minimum atomic E-state index is 0.00881. The lowest BCUT2D eigenvalue weighted by Gasteiger charge is -2.49. The summed E-state index contributed by atoms with van der Waals surface area (Å²) >= 11 is 5.98. The molecule has 2 fully saturated rings. The van der Waals surface area contributed by atoms with Crippen LogP contribution in [0.5, 0.6) is 0 Å². The van der Waals surface area contributed by atoms with Crippen LogP contribution in [-0.2, 0) is 0 Å². The number of carbonyl (C=O) groups is 1. The number of halogens is 1. The van der Waals surface area contributed by atoms with Crippen molar-refractivity contribution in [3.8, 4) is 0 Å². The van der Waals surface area contributed by atoms with Crippen LogP contribution in [0.2, 0.25) is 5.02 Å². The molecule has 22 heavy (non-hydrogen) atoms. The number of piperidine rings is 2. The van der Waals surface area contributed by atoms with Gasteiger partial charge in [-0.2, -0.15) is 0 Å². The van der Waals surface area contributed by atoms with E-state index in [4.69, 9.17) is 11.6 Å². The molecule has 2 saturated heterocycles. The van der Waals surface area contributed by atoms with Crippen molar-refractivity contribution in [2.75, 3.05) is 6.54 Å². The normalized spacial score (nSPS) is 28.4. The molecule has 0 aromatic heterocycles. The smallest absolute Gasteiger partial charge is 0.251 e. The van der Waals surface area contributed by atoms with Crippen molar-refractivity contribution in [1.29, 1.82) is 0 Å². The zero-order valence-electron chi connectivity index (χ0n) is 13.2. The molecule has 2 aliphatic heterocycles. The fourth-order valence-corrected chi connectivity index (χ4v) is 4.31. The fourth-order valence-electron chi connectivity index (χ4n) is 4.12. The summed E-state index contributed by atoms with van der Waals surface area (Å²) in [7, 11) is 0. The second kappa shape index (κ2) is 7.01. The first-order valence-corrected chi connectivity index (χ1v) is 8.87. The molecular weight excluding hydrogens is 296 g/mol. The van der Waals surface area contributed by atoms with Crippen LogP contribution < -0.4 is 5.32 Å². The van der Waals surface area contributed by atoms with E-state index in [-0.39, 0.29) is 5.91 Å². The van der Waals surface area contributed by atoms with Crippen molar-refractivity contribution in [2.24, 2.45) is 0 Å². The number of fused-ring (bicyclic) bond motifs is 2. The molecule has 120 valence electrons. The van der Waals surface area contributed by atoms with Gasteiger partial charge in [-0.05, 0) is 56.8 Å². The number of benzene rings is 1. The maximum atomic E-state index is 12.4. The molecule has 0 aliphatic carbocycles. The highest BCUT2D eigenvalue weighted by atomic mass is 35.5. The fraction of sp³-hybridized carbons (Fsp3) is 0.611. The van der Waals surface area contributed by atoms with Crippen LogP contribution in [0, 0.1) is 0 Å². The van der Waals surface area contributed by atoms with Crippen molar-refractivity contribution in [1.82, 2.24) is 10.2 Å². The van der Waals surface area contributed by atoms with Crippen LogP contribution in [0.25, 0.3) is 0 Å². The number of amides is 1. The Labute approximate surface area is 138 Å². The molecule has 4 heteroatoms. The molecule has 0 radical (unpaired) electrons. The largest absolute Gasteiger partial charge is 0.349 e. The van der Waals surface area contributed by atoms with Crippen LogP contribution in [0.15, 0.2) is 24.3 Å². The Bertz CT molecular complexity index is 520. The van der Waals surface area contributed by atoms with E-state index in [9.17, 15) is 4.79 Å². The zero-order chi connectivity index (χ0) is 15.5. The highest BCUT2D eigenvalue weighted by molar-refractivity contribution is 6.30. The molecule has 1 aromatic carbocycles. The number of hydrogen-bond donors (Lipinski definition) is 1. The Morgan fingerprint density at radius 1 is 1.32 bits per heavy atom. The summed E-state index contributed by atoms with van der Waals surface area (Å²) in [6, 6.07) is 8.80. The molecule has 0 spiro atoms. The standard InChI is InChI=1S/C18H25ClN2O/c1-2-9-21-16-7-4-8-17(21)12-15(11-16)20-18(22)13-5-3-6-14(19)10-13/h3,5-6,10,15-17H,2,4,7-9,11-12H2,1H3,(H,20,22). The van der Waals surface area contributed by atoms with Gasteiger partial charge in [0, 0.05) is 28.7 Å².